The number of hydrogen-bond acceptors (Lipinski definition) is 2. The van der Waals surface area contributed by atoms with Crippen molar-refractivity contribution >= 4 is 5.91 Å². The molecule has 0 aliphatic rings. The lowest BCUT2D eigenvalue weighted by molar-refractivity contribution is -0.161. The zero-order valence-corrected chi connectivity index (χ0v) is 12.6. The van der Waals surface area contributed by atoms with Crippen LogP contribution in [0.2, 0.25) is 0 Å². The van der Waals surface area contributed by atoms with E-state index in [-0.39, 0.29) is 24.6 Å². The summed E-state index contributed by atoms with van der Waals surface area (Å²) < 4.78 is 39.8. The van der Waals surface area contributed by atoms with Crippen LogP contribution in [-0.4, -0.2) is 29.6 Å². The van der Waals surface area contributed by atoms with Crippen molar-refractivity contribution in [3.05, 3.63) is 35.9 Å². The maximum Gasteiger partial charge on any atom is 0.396 e. The Bertz CT molecular complexity index is 520. The van der Waals surface area contributed by atoms with Gasteiger partial charge < -0.3 is 4.90 Å². The maximum absolute atomic E-state index is 13.3. The van der Waals surface area contributed by atoms with Gasteiger partial charge in [-0.1, -0.05) is 30.3 Å². The van der Waals surface area contributed by atoms with Gasteiger partial charge >= 0.3 is 6.18 Å². The number of nitriles is 1. The molecule has 0 fully saturated rings. The summed E-state index contributed by atoms with van der Waals surface area (Å²) in [5.41, 5.74) is 0.0762. The van der Waals surface area contributed by atoms with Crippen LogP contribution in [0.4, 0.5) is 13.2 Å². The van der Waals surface area contributed by atoms with Gasteiger partial charge in [-0.3, -0.25) is 4.79 Å². The predicted molar refractivity (Wildman–Crippen MR) is 76.9 cm³/mol. The van der Waals surface area contributed by atoms with E-state index < -0.39 is 24.4 Å². The minimum absolute atomic E-state index is 0.0762. The van der Waals surface area contributed by atoms with Crippen molar-refractivity contribution in [3.63, 3.8) is 0 Å². The van der Waals surface area contributed by atoms with Gasteiger partial charge in [-0.25, -0.2) is 0 Å². The van der Waals surface area contributed by atoms with Gasteiger partial charge in [0.15, 0.2) is 0 Å². The van der Waals surface area contributed by atoms with Crippen LogP contribution in [0.5, 0.6) is 0 Å². The summed E-state index contributed by atoms with van der Waals surface area (Å²) >= 11 is 0. The third-order valence-corrected chi connectivity index (χ3v) is 3.38. The Morgan fingerprint density at radius 1 is 1.27 bits per heavy atom. The maximum atomic E-state index is 13.3. The molecule has 0 radical (unpaired) electrons. The number of carbonyl (C=O) groups excluding carboxylic acids is 1. The summed E-state index contributed by atoms with van der Waals surface area (Å²) in [6.45, 7) is 3.59. The standard InChI is InChI=1S/C16H19F3N2O/c1-12(2)21(10-6-9-20)15(22)11-14(16(17,18)19)13-7-4-3-5-8-13/h3-5,7-8,12,14H,6,10-11H2,1-2H3. The van der Waals surface area contributed by atoms with E-state index in [0.29, 0.717) is 0 Å². The lowest BCUT2D eigenvalue weighted by Gasteiger charge is -2.29. The van der Waals surface area contributed by atoms with E-state index in [0.717, 1.165) is 0 Å². The molecule has 0 aliphatic heterocycles. The number of nitrogens with zero attached hydrogens (tertiary/aromatic N) is 2. The van der Waals surface area contributed by atoms with Crippen molar-refractivity contribution in [1.29, 1.82) is 5.26 Å². The highest BCUT2D eigenvalue weighted by atomic mass is 19.4. The normalized spacial score (nSPS) is 12.8. The Morgan fingerprint density at radius 2 is 1.86 bits per heavy atom. The van der Waals surface area contributed by atoms with Gasteiger partial charge in [-0.05, 0) is 19.4 Å². The highest BCUT2D eigenvalue weighted by molar-refractivity contribution is 5.77. The summed E-state index contributed by atoms with van der Waals surface area (Å²) in [5.74, 6) is -2.42. The van der Waals surface area contributed by atoms with Gasteiger partial charge in [0.25, 0.3) is 0 Å². The molecule has 0 spiro atoms. The van der Waals surface area contributed by atoms with Crippen LogP contribution in [0.25, 0.3) is 0 Å². The average molecular weight is 312 g/mol. The van der Waals surface area contributed by atoms with Gasteiger partial charge in [-0.15, -0.1) is 0 Å². The second-order valence-corrected chi connectivity index (χ2v) is 5.30. The van der Waals surface area contributed by atoms with Crippen LogP contribution in [0.15, 0.2) is 30.3 Å². The van der Waals surface area contributed by atoms with E-state index in [1.54, 1.807) is 19.9 Å². The van der Waals surface area contributed by atoms with E-state index in [4.69, 9.17) is 5.26 Å². The monoisotopic (exact) mass is 312 g/mol. The Kier molecular flexibility index (Phi) is 6.41. The second-order valence-electron chi connectivity index (χ2n) is 5.30. The first-order valence-corrected chi connectivity index (χ1v) is 7.05. The van der Waals surface area contributed by atoms with Crippen molar-refractivity contribution in [3.8, 4) is 6.07 Å². The molecule has 1 aromatic rings. The third-order valence-electron chi connectivity index (χ3n) is 3.38. The van der Waals surface area contributed by atoms with Crippen molar-refractivity contribution in [2.24, 2.45) is 0 Å². The Morgan fingerprint density at radius 3 is 2.32 bits per heavy atom. The van der Waals surface area contributed by atoms with Gasteiger partial charge in [0.1, 0.15) is 0 Å². The summed E-state index contributed by atoms with van der Waals surface area (Å²) in [7, 11) is 0. The zero-order valence-electron chi connectivity index (χ0n) is 12.6. The first-order valence-electron chi connectivity index (χ1n) is 7.05. The molecule has 1 atom stereocenters. The SMILES string of the molecule is CC(C)N(CCC#N)C(=O)CC(c1ccccc1)C(F)(F)F. The lowest BCUT2D eigenvalue weighted by Crippen LogP contribution is -2.39. The highest BCUT2D eigenvalue weighted by Crippen LogP contribution is 2.37. The number of halogens is 3. The van der Waals surface area contributed by atoms with Crippen LogP contribution in [0.3, 0.4) is 0 Å². The van der Waals surface area contributed by atoms with Crippen molar-refractivity contribution in [1.82, 2.24) is 4.90 Å². The molecule has 0 N–H and O–H groups in total. The summed E-state index contributed by atoms with van der Waals surface area (Å²) in [5, 5.41) is 8.60. The number of carbonyl (C=O) groups is 1. The molecular weight excluding hydrogens is 293 g/mol. The number of benzene rings is 1. The van der Waals surface area contributed by atoms with Crippen LogP contribution in [0, 0.1) is 11.3 Å². The van der Waals surface area contributed by atoms with Gasteiger partial charge in [0.05, 0.1) is 18.4 Å². The van der Waals surface area contributed by atoms with E-state index >= 15 is 0 Å². The van der Waals surface area contributed by atoms with Crippen LogP contribution >= 0.6 is 0 Å². The van der Waals surface area contributed by atoms with Crippen LogP contribution in [-0.2, 0) is 4.79 Å². The van der Waals surface area contributed by atoms with Crippen molar-refractivity contribution in [2.75, 3.05) is 6.54 Å². The highest BCUT2D eigenvalue weighted by Gasteiger charge is 2.42. The fourth-order valence-corrected chi connectivity index (χ4v) is 2.24. The van der Waals surface area contributed by atoms with Gasteiger partial charge in [-0.2, -0.15) is 18.4 Å². The van der Waals surface area contributed by atoms with Crippen LogP contribution < -0.4 is 0 Å². The molecule has 120 valence electrons. The molecule has 0 heterocycles. The molecule has 0 saturated heterocycles. The van der Waals surface area contributed by atoms with E-state index in [1.165, 1.54) is 29.2 Å². The average Bonchev–Trinajstić information content (AvgIpc) is 2.44. The summed E-state index contributed by atoms with van der Waals surface area (Å²) in [6, 6.07) is 9.09. The smallest absolute Gasteiger partial charge is 0.339 e. The minimum atomic E-state index is -4.49. The third kappa shape index (κ3) is 5.06. The first-order chi connectivity index (χ1) is 10.3. The largest absolute Gasteiger partial charge is 0.396 e. The van der Waals surface area contributed by atoms with E-state index in [1.807, 2.05) is 6.07 Å². The molecular formula is C16H19F3N2O. The lowest BCUT2D eigenvalue weighted by atomic mass is 9.94. The van der Waals surface area contributed by atoms with E-state index in [9.17, 15) is 18.0 Å². The minimum Gasteiger partial charge on any atom is -0.339 e. The fourth-order valence-electron chi connectivity index (χ4n) is 2.24. The summed E-state index contributed by atoms with van der Waals surface area (Å²) in [4.78, 5) is 13.6. The molecule has 1 unspecified atom stereocenters. The molecule has 0 bridgehead atoms. The molecule has 6 heteroatoms. The Hall–Kier alpha value is -2.03. The van der Waals surface area contributed by atoms with Gasteiger partial charge in [0, 0.05) is 19.0 Å². The second kappa shape index (κ2) is 7.83. The Balaban J connectivity index is 2.94. The topological polar surface area (TPSA) is 44.1 Å². The van der Waals surface area contributed by atoms with Crippen LogP contribution in [0.1, 0.15) is 38.2 Å². The molecule has 22 heavy (non-hydrogen) atoms. The quantitative estimate of drug-likeness (QED) is 0.800. The Labute approximate surface area is 128 Å². The molecule has 1 amide bonds. The van der Waals surface area contributed by atoms with Gasteiger partial charge in [0.2, 0.25) is 5.91 Å². The number of hydrogen-bond donors (Lipinski definition) is 0. The molecule has 1 aromatic carbocycles. The van der Waals surface area contributed by atoms with Crippen molar-refractivity contribution in [2.45, 2.75) is 44.8 Å². The molecule has 3 nitrogen and oxygen atoms in total. The number of alkyl halides is 3. The van der Waals surface area contributed by atoms with Crippen molar-refractivity contribution < 1.29 is 18.0 Å². The van der Waals surface area contributed by atoms with E-state index in [2.05, 4.69) is 0 Å². The molecule has 1 rings (SSSR count). The fraction of sp³-hybridized carbons (Fsp3) is 0.500. The first kappa shape index (κ1) is 18.0. The number of amides is 1. The predicted octanol–water partition coefficient (Wildman–Crippen LogP) is 3.87. The summed E-state index contributed by atoms with van der Waals surface area (Å²) in [6.07, 6.45) is -5.03. The molecule has 0 aliphatic carbocycles. The number of rotatable bonds is 6. The molecule has 0 aromatic heterocycles. The zero-order chi connectivity index (χ0) is 16.8. The molecule has 0 saturated carbocycles.